The summed E-state index contributed by atoms with van der Waals surface area (Å²) in [4.78, 5) is 34.3. The summed E-state index contributed by atoms with van der Waals surface area (Å²) in [6.45, 7) is 1.35. The molecule has 28 heavy (non-hydrogen) atoms. The van der Waals surface area contributed by atoms with Gasteiger partial charge in [0.15, 0.2) is 0 Å². The van der Waals surface area contributed by atoms with E-state index < -0.39 is 22.3 Å². The van der Waals surface area contributed by atoms with Crippen LogP contribution in [-0.2, 0) is 16.0 Å². The quantitative estimate of drug-likeness (QED) is 0.376. The number of para-hydroxylation sites is 2. The van der Waals surface area contributed by atoms with Gasteiger partial charge in [0.05, 0.1) is 17.6 Å². The molecule has 0 aliphatic carbocycles. The molecule has 0 fully saturated rings. The van der Waals surface area contributed by atoms with E-state index in [1.165, 1.54) is 31.2 Å². The molecule has 0 aromatic heterocycles. The summed E-state index contributed by atoms with van der Waals surface area (Å²) in [5.41, 5.74) is -0.888. The number of amides is 2. The Kier molecular flexibility index (Phi) is 6.67. The van der Waals surface area contributed by atoms with Crippen molar-refractivity contribution in [3.8, 4) is 5.75 Å². The lowest BCUT2D eigenvalue weighted by molar-refractivity contribution is -0.383. The number of benzene rings is 2. The third-order valence-electron chi connectivity index (χ3n) is 3.93. The highest BCUT2D eigenvalue weighted by molar-refractivity contribution is 6.39. The number of aliphatic hydroxyl groups is 1. The molecule has 148 valence electrons. The Morgan fingerprint density at radius 2 is 1.79 bits per heavy atom. The lowest BCUT2D eigenvalue weighted by atomic mass is 9.96. The summed E-state index contributed by atoms with van der Waals surface area (Å²) in [6.07, 6.45) is 0.239. The maximum absolute atomic E-state index is 12.0. The first-order valence-electron chi connectivity index (χ1n) is 8.40. The Morgan fingerprint density at radius 3 is 2.39 bits per heavy atom. The van der Waals surface area contributed by atoms with Crippen molar-refractivity contribution in [2.45, 2.75) is 18.9 Å². The Labute approximate surface area is 161 Å². The van der Waals surface area contributed by atoms with E-state index in [1.54, 1.807) is 31.4 Å². The number of nitrogens with zero attached hydrogens (tertiary/aromatic N) is 1. The second-order valence-corrected chi connectivity index (χ2v) is 6.43. The van der Waals surface area contributed by atoms with Crippen LogP contribution in [0.25, 0.3) is 0 Å². The van der Waals surface area contributed by atoms with Crippen molar-refractivity contribution in [2.75, 3.05) is 19.0 Å². The number of methoxy groups -OCH3 is 1. The number of nitrogens with one attached hydrogen (secondary N) is 2. The highest BCUT2D eigenvalue weighted by Crippen LogP contribution is 2.23. The summed E-state index contributed by atoms with van der Waals surface area (Å²) in [5, 5.41) is 26.0. The monoisotopic (exact) mass is 387 g/mol. The molecule has 2 rings (SSSR count). The van der Waals surface area contributed by atoms with Gasteiger partial charge in [-0.3, -0.25) is 19.7 Å². The normalized spacial score (nSPS) is 12.5. The van der Waals surface area contributed by atoms with E-state index >= 15 is 0 Å². The summed E-state index contributed by atoms with van der Waals surface area (Å²) in [6, 6.07) is 12.6. The van der Waals surface area contributed by atoms with E-state index in [1.807, 2.05) is 0 Å². The number of carbonyl (C=O) groups is 2. The topological polar surface area (TPSA) is 131 Å². The molecule has 0 radical (unpaired) electrons. The van der Waals surface area contributed by atoms with Crippen LogP contribution in [0.3, 0.4) is 0 Å². The van der Waals surface area contributed by atoms with Gasteiger partial charge in [-0.05, 0) is 30.7 Å². The second-order valence-electron chi connectivity index (χ2n) is 6.43. The van der Waals surface area contributed by atoms with E-state index in [0.717, 1.165) is 5.56 Å². The molecule has 9 nitrogen and oxygen atoms in total. The lowest BCUT2D eigenvalue weighted by Crippen LogP contribution is -2.45. The standard InChI is InChI=1S/C19H21N3O6/c1-19(25,11-13-7-9-14(28-2)10-8-13)12-20-17(23)18(24)21-15-5-3-4-6-16(15)22(26)27/h3-10,25H,11-12H2,1-2H3,(H,20,23)(H,21,24). The van der Waals surface area contributed by atoms with Crippen LogP contribution in [0.5, 0.6) is 5.75 Å². The Balaban J connectivity index is 1.92. The fraction of sp³-hybridized carbons (Fsp3) is 0.263. The van der Waals surface area contributed by atoms with Gasteiger partial charge < -0.3 is 20.5 Å². The van der Waals surface area contributed by atoms with Crippen LogP contribution < -0.4 is 15.4 Å². The Morgan fingerprint density at radius 1 is 1.14 bits per heavy atom. The SMILES string of the molecule is COc1ccc(CC(C)(O)CNC(=O)C(=O)Nc2ccccc2[N+](=O)[O-])cc1. The van der Waals surface area contributed by atoms with E-state index in [-0.39, 0.29) is 24.3 Å². The van der Waals surface area contributed by atoms with Crippen molar-refractivity contribution in [1.82, 2.24) is 5.32 Å². The number of anilines is 1. The van der Waals surface area contributed by atoms with E-state index in [2.05, 4.69) is 10.6 Å². The lowest BCUT2D eigenvalue weighted by Gasteiger charge is -2.23. The number of rotatable bonds is 7. The first-order valence-corrected chi connectivity index (χ1v) is 8.40. The van der Waals surface area contributed by atoms with Crippen LogP contribution in [0, 0.1) is 10.1 Å². The average molecular weight is 387 g/mol. The summed E-state index contributed by atoms with van der Waals surface area (Å²) < 4.78 is 5.07. The molecule has 9 heteroatoms. The second kappa shape index (κ2) is 8.96. The zero-order valence-corrected chi connectivity index (χ0v) is 15.5. The van der Waals surface area contributed by atoms with Crippen LogP contribution in [-0.4, -0.2) is 41.1 Å². The van der Waals surface area contributed by atoms with Gasteiger partial charge in [-0.15, -0.1) is 0 Å². The fourth-order valence-corrected chi connectivity index (χ4v) is 2.51. The molecular formula is C19H21N3O6. The van der Waals surface area contributed by atoms with Crippen molar-refractivity contribution in [3.63, 3.8) is 0 Å². The smallest absolute Gasteiger partial charge is 0.313 e. The van der Waals surface area contributed by atoms with Gasteiger partial charge in [0.1, 0.15) is 11.4 Å². The number of hydrogen-bond acceptors (Lipinski definition) is 6. The van der Waals surface area contributed by atoms with Crippen molar-refractivity contribution < 1.29 is 24.4 Å². The predicted octanol–water partition coefficient (Wildman–Crippen LogP) is 1.65. The molecule has 0 aliphatic rings. The van der Waals surface area contributed by atoms with Gasteiger partial charge in [0.25, 0.3) is 5.69 Å². The van der Waals surface area contributed by atoms with Crippen LogP contribution in [0.2, 0.25) is 0 Å². The molecule has 0 spiro atoms. The van der Waals surface area contributed by atoms with Crippen LogP contribution in [0.15, 0.2) is 48.5 Å². The van der Waals surface area contributed by atoms with Crippen molar-refractivity contribution in [3.05, 3.63) is 64.2 Å². The number of hydrogen-bond donors (Lipinski definition) is 3. The number of nitro groups is 1. The Bertz CT molecular complexity index is 864. The maximum atomic E-state index is 12.0. The molecule has 3 N–H and O–H groups in total. The first kappa shape index (κ1) is 20.8. The molecule has 0 heterocycles. The van der Waals surface area contributed by atoms with Crippen molar-refractivity contribution >= 4 is 23.2 Å². The number of carbonyl (C=O) groups excluding carboxylic acids is 2. The van der Waals surface area contributed by atoms with Gasteiger partial charge in [-0.25, -0.2) is 0 Å². The van der Waals surface area contributed by atoms with Crippen LogP contribution in [0.1, 0.15) is 12.5 Å². The third kappa shape index (κ3) is 5.78. The summed E-state index contributed by atoms with van der Waals surface area (Å²) in [7, 11) is 1.55. The largest absolute Gasteiger partial charge is 0.497 e. The minimum absolute atomic E-state index is 0.0855. The minimum atomic E-state index is -1.30. The molecule has 0 aliphatic heterocycles. The Hall–Kier alpha value is -3.46. The van der Waals surface area contributed by atoms with E-state index in [4.69, 9.17) is 4.74 Å². The molecule has 0 saturated heterocycles. The molecule has 2 amide bonds. The molecule has 2 aromatic rings. The fourth-order valence-electron chi connectivity index (χ4n) is 2.51. The maximum Gasteiger partial charge on any atom is 0.313 e. The first-order chi connectivity index (χ1) is 13.2. The van der Waals surface area contributed by atoms with Crippen LogP contribution in [0.4, 0.5) is 11.4 Å². The molecule has 1 atom stereocenters. The summed E-state index contributed by atoms with van der Waals surface area (Å²) in [5.74, 6) is -1.38. The van der Waals surface area contributed by atoms with Gasteiger partial charge in [-0.2, -0.15) is 0 Å². The van der Waals surface area contributed by atoms with Crippen molar-refractivity contribution in [2.24, 2.45) is 0 Å². The average Bonchev–Trinajstić information content (AvgIpc) is 2.66. The van der Waals surface area contributed by atoms with Crippen LogP contribution >= 0.6 is 0 Å². The number of nitro benzene ring substituents is 1. The minimum Gasteiger partial charge on any atom is -0.497 e. The third-order valence-corrected chi connectivity index (χ3v) is 3.93. The molecular weight excluding hydrogens is 366 g/mol. The summed E-state index contributed by atoms with van der Waals surface area (Å²) >= 11 is 0. The zero-order valence-electron chi connectivity index (χ0n) is 15.5. The highest BCUT2D eigenvalue weighted by atomic mass is 16.6. The van der Waals surface area contributed by atoms with Gasteiger partial charge in [-0.1, -0.05) is 24.3 Å². The van der Waals surface area contributed by atoms with Gasteiger partial charge in [0.2, 0.25) is 0 Å². The molecule has 0 bridgehead atoms. The highest BCUT2D eigenvalue weighted by Gasteiger charge is 2.25. The number of ether oxygens (including phenoxy) is 1. The molecule has 2 aromatic carbocycles. The predicted molar refractivity (Wildman–Crippen MR) is 102 cm³/mol. The zero-order chi connectivity index (χ0) is 20.7. The molecule has 0 saturated carbocycles. The van der Waals surface area contributed by atoms with Gasteiger partial charge >= 0.3 is 11.8 Å². The van der Waals surface area contributed by atoms with E-state index in [9.17, 15) is 24.8 Å². The van der Waals surface area contributed by atoms with Gasteiger partial charge in [0, 0.05) is 19.0 Å². The molecule has 1 unspecified atom stereocenters. The van der Waals surface area contributed by atoms with Crippen molar-refractivity contribution in [1.29, 1.82) is 0 Å². The van der Waals surface area contributed by atoms with E-state index in [0.29, 0.717) is 5.75 Å².